The molecule has 2 aromatic carbocycles. The van der Waals surface area contributed by atoms with Crippen molar-refractivity contribution in [1.29, 1.82) is 5.26 Å². The maximum atomic E-state index is 12.2. The summed E-state index contributed by atoms with van der Waals surface area (Å²) in [5.74, 6) is 0.0704. The molecule has 2 amide bonds. The fourth-order valence-electron chi connectivity index (χ4n) is 2.91. The Balaban J connectivity index is 1.75. The van der Waals surface area contributed by atoms with Gasteiger partial charge in [-0.15, -0.1) is 0 Å². The fraction of sp³-hybridized carbons (Fsp3) is 0.190. The van der Waals surface area contributed by atoms with Gasteiger partial charge in [0.1, 0.15) is 5.75 Å². The highest BCUT2D eigenvalue weighted by atomic mass is 32.2. The Bertz CT molecular complexity index is 934. The largest absolute Gasteiger partial charge is 0.497 e. The Labute approximate surface area is 167 Å². The van der Waals surface area contributed by atoms with Crippen LogP contribution in [0.2, 0.25) is 0 Å². The number of rotatable bonds is 6. The number of amides is 2. The maximum Gasteiger partial charge on any atom is 0.234 e. The molecule has 28 heavy (non-hydrogen) atoms. The minimum atomic E-state index is -0.343. The van der Waals surface area contributed by atoms with Crippen molar-refractivity contribution in [2.24, 2.45) is 0 Å². The summed E-state index contributed by atoms with van der Waals surface area (Å²) in [5, 5.41) is 15.6. The van der Waals surface area contributed by atoms with E-state index in [1.54, 1.807) is 31.4 Å². The second-order valence-corrected chi connectivity index (χ2v) is 7.12. The first kappa shape index (κ1) is 19.5. The van der Waals surface area contributed by atoms with Crippen LogP contribution in [0.15, 0.2) is 65.2 Å². The number of anilines is 1. The number of carbonyl (C=O) groups is 2. The molecule has 0 aliphatic carbocycles. The molecule has 0 fully saturated rings. The molecule has 0 saturated carbocycles. The predicted molar refractivity (Wildman–Crippen MR) is 109 cm³/mol. The van der Waals surface area contributed by atoms with Crippen LogP contribution in [-0.2, 0) is 9.59 Å². The van der Waals surface area contributed by atoms with Gasteiger partial charge in [-0.25, -0.2) is 0 Å². The van der Waals surface area contributed by atoms with Crippen molar-refractivity contribution in [2.45, 2.75) is 12.3 Å². The molecule has 0 bridgehead atoms. The molecular formula is C21H19N3O3S. The molecule has 0 spiro atoms. The van der Waals surface area contributed by atoms with Gasteiger partial charge in [0.25, 0.3) is 0 Å². The Morgan fingerprint density at radius 2 is 1.96 bits per heavy atom. The summed E-state index contributed by atoms with van der Waals surface area (Å²) in [4.78, 5) is 24.4. The molecule has 0 saturated heterocycles. The summed E-state index contributed by atoms with van der Waals surface area (Å²) in [5.41, 5.74) is 2.02. The van der Waals surface area contributed by atoms with Crippen LogP contribution in [-0.4, -0.2) is 24.7 Å². The molecule has 2 aromatic rings. The lowest BCUT2D eigenvalue weighted by molar-refractivity contribution is -0.121. The van der Waals surface area contributed by atoms with Crippen molar-refractivity contribution in [2.75, 3.05) is 18.2 Å². The van der Waals surface area contributed by atoms with E-state index in [0.29, 0.717) is 22.0 Å². The standard InChI is InChI=1S/C21H19N3O3S/c1-27-16-9-7-14(8-10-16)17-11-19(25)24-21(18(17)12-22)28-13-20(26)23-15-5-3-2-4-6-15/h2-10,17H,11,13H2,1H3,(H,23,26)(H,24,25)/t17-/m1/s1. The van der Waals surface area contributed by atoms with Crippen molar-refractivity contribution < 1.29 is 14.3 Å². The molecule has 1 atom stereocenters. The zero-order chi connectivity index (χ0) is 19.9. The second kappa shape index (κ2) is 9.11. The van der Waals surface area contributed by atoms with E-state index < -0.39 is 0 Å². The van der Waals surface area contributed by atoms with Gasteiger partial charge in [-0.05, 0) is 29.8 Å². The monoisotopic (exact) mass is 393 g/mol. The van der Waals surface area contributed by atoms with E-state index in [1.165, 1.54) is 0 Å². The summed E-state index contributed by atoms with van der Waals surface area (Å²) in [6.45, 7) is 0. The van der Waals surface area contributed by atoms with Gasteiger partial charge in [0.2, 0.25) is 11.8 Å². The molecule has 7 heteroatoms. The number of methoxy groups -OCH3 is 1. The number of hydrogen-bond donors (Lipinski definition) is 2. The molecule has 1 aliphatic rings. The first-order chi connectivity index (χ1) is 13.6. The molecule has 6 nitrogen and oxygen atoms in total. The van der Waals surface area contributed by atoms with Crippen LogP contribution in [0, 0.1) is 11.3 Å². The van der Waals surface area contributed by atoms with Gasteiger partial charge in [-0.3, -0.25) is 9.59 Å². The molecule has 0 unspecified atom stereocenters. The summed E-state index contributed by atoms with van der Waals surface area (Å²) >= 11 is 1.16. The predicted octanol–water partition coefficient (Wildman–Crippen LogP) is 3.41. The quantitative estimate of drug-likeness (QED) is 0.785. The topological polar surface area (TPSA) is 91.2 Å². The highest BCUT2D eigenvalue weighted by Gasteiger charge is 2.29. The third kappa shape index (κ3) is 4.72. The average Bonchev–Trinajstić information content (AvgIpc) is 2.72. The lowest BCUT2D eigenvalue weighted by Gasteiger charge is -2.25. The number of nitrogens with one attached hydrogen (secondary N) is 2. The van der Waals surface area contributed by atoms with E-state index in [9.17, 15) is 14.9 Å². The van der Waals surface area contributed by atoms with E-state index in [4.69, 9.17) is 4.74 Å². The molecule has 3 rings (SSSR count). The zero-order valence-corrected chi connectivity index (χ0v) is 16.1. The minimum Gasteiger partial charge on any atom is -0.497 e. The molecule has 1 aliphatic heterocycles. The summed E-state index contributed by atoms with van der Waals surface area (Å²) < 4.78 is 5.16. The first-order valence-corrected chi connectivity index (χ1v) is 9.65. The van der Waals surface area contributed by atoms with Gasteiger partial charge in [0.05, 0.1) is 29.5 Å². The van der Waals surface area contributed by atoms with Crippen LogP contribution in [0.4, 0.5) is 5.69 Å². The van der Waals surface area contributed by atoms with E-state index in [2.05, 4.69) is 16.7 Å². The first-order valence-electron chi connectivity index (χ1n) is 8.66. The van der Waals surface area contributed by atoms with Gasteiger partial charge in [-0.1, -0.05) is 42.1 Å². The number of thioether (sulfide) groups is 1. The Morgan fingerprint density at radius 3 is 2.61 bits per heavy atom. The van der Waals surface area contributed by atoms with Gasteiger partial charge < -0.3 is 15.4 Å². The number of nitriles is 1. The summed E-state index contributed by atoms with van der Waals surface area (Å²) in [6.07, 6.45) is 0.190. The number of nitrogens with zero attached hydrogens (tertiary/aromatic N) is 1. The van der Waals surface area contributed by atoms with Crippen LogP contribution < -0.4 is 15.4 Å². The van der Waals surface area contributed by atoms with Crippen molar-refractivity contribution in [3.63, 3.8) is 0 Å². The third-order valence-electron chi connectivity index (χ3n) is 4.28. The van der Waals surface area contributed by atoms with Crippen LogP contribution in [0.5, 0.6) is 5.75 Å². The smallest absolute Gasteiger partial charge is 0.234 e. The Hall–Kier alpha value is -3.24. The van der Waals surface area contributed by atoms with Crippen LogP contribution in [0.3, 0.4) is 0 Å². The van der Waals surface area contributed by atoms with Crippen molar-refractivity contribution in [3.8, 4) is 11.8 Å². The number of hydrogen-bond acceptors (Lipinski definition) is 5. The van der Waals surface area contributed by atoms with E-state index in [0.717, 1.165) is 17.3 Å². The SMILES string of the molecule is COc1ccc([C@H]2CC(=O)NC(SCC(=O)Nc3ccccc3)=C2C#N)cc1. The van der Waals surface area contributed by atoms with Crippen molar-refractivity contribution >= 4 is 29.3 Å². The number of para-hydroxylation sites is 1. The molecule has 0 radical (unpaired) electrons. The van der Waals surface area contributed by atoms with Crippen LogP contribution in [0.1, 0.15) is 17.9 Å². The zero-order valence-electron chi connectivity index (χ0n) is 15.3. The van der Waals surface area contributed by atoms with Gasteiger partial charge >= 0.3 is 0 Å². The normalized spacial score (nSPS) is 16.1. The van der Waals surface area contributed by atoms with Crippen molar-refractivity contribution in [3.05, 3.63) is 70.8 Å². The van der Waals surface area contributed by atoms with E-state index in [1.807, 2.05) is 30.3 Å². The van der Waals surface area contributed by atoms with Gasteiger partial charge in [0, 0.05) is 18.0 Å². The highest BCUT2D eigenvalue weighted by molar-refractivity contribution is 8.03. The Morgan fingerprint density at radius 1 is 1.25 bits per heavy atom. The molecule has 0 aromatic heterocycles. The number of benzene rings is 2. The fourth-order valence-corrected chi connectivity index (χ4v) is 3.79. The van der Waals surface area contributed by atoms with E-state index in [-0.39, 0.29) is 29.9 Å². The highest BCUT2D eigenvalue weighted by Crippen LogP contribution is 2.36. The summed E-state index contributed by atoms with van der Waals surface area (Å²) in [6, 6.07) is 18.6. The van der Waals surface area contributed by atoms with Crippen molar-refractivity contribution in [1.82, 2.24) is 5.32 Å². The van der Waals surface area contributed by atoms with Gasteiger partial charge in [0.15, 0.2) is 0 Å². The molecule has 1 heterocycles. The molecular weight excluding hydrogens is 374 g/mol. The lowest BCUT2D eigenvalue weighted by Crippen LogP contribution is -2.31. The third-order valence-corrected chi connectivity index (χ3v) is 5.30. The summed E-state index contributed by atoms with van der Waals surface area (Å²) in [7, 11) is 1.58. The average molecular weight is 393 g/mol. The van der Waals surface area contributed by atoms with Crippen LogP contribution in [0.25, 0.3) is 0 Å². The number of ether oxygens (including phenoxy) is 1. The lowest BCUT2D eigenvalue weighted by atomic mass is 9.87. The maximum absolute atomic E-state index is 12.2. The van der Waals surface area contributed by atoms with E-state index >= 15 is 0 Å². The Kier molecular flexibility index (Phi) is 6.35. The van der Waals surface area contributed by atoms with Crippen LogP contribution >= 0.6 is 11.8 Å². The van der Waals surface area contributed by atoms with Gasteiger partial charge in [-0.2, -0.15) is 5.26 Å². The molecule has 2 N–H and O–H groups in total. The minimum absolute atomic E-state index is 0.0883. The molecule has 142 valence electrons. The second-order valence-electron chi connectivity index (χ2n) is 6.14. The number of carbonyl (C=O) groups excluding carboxylic acids is 2. The number of allylic oxidation sites excluding steroid dienone is 1.